The van der Waals surface area contributed by atoms with Crippen LogP contribution in [0, 0.1) is 23.7 Å². The number of hydrogen-bond donors (Lipinski definition) is 2. The van der Waals surface area contributed by atoms with E-state index in [1.807, 2.05) is 18.2 Å². The molecule has 1 saturated heterocycles. The summed E-state index contributed by atoms with van der Waals surface area (Å²) in [5.74, 6) is 2.16. The van der Waals surface area contributed by atoms with E-state index in [4.69, 9.17) is 4.74 Å². The van der Waals surface area contributed by atoms with E-state index in [9.17, 15) is 9.59 Å². The van der Waals surface area contributed by atoms with Gasteiger partial charge in [0.1, 0.15) is 12.4 Å². The van der Waals surface area contributed by atoms with E-state index in [0.717, 1.165) is 12.2 Å². The first-order valence-corrected chi connectivity index (χ1v) is 11.2. The Kier molecular flexibility index (Phi) is 6.30. The molecule has 2 fully saturated rings. The van der Waals surface area contributed by atoms with E-state index in [0.29, 0.717) is 38.1 Å². The third-order valence-corrected chi connectivity index (χ3v) is 6.61. The van der Waals surface area contributed by atoms with Gasteiger partial charge in [-0.1, -0.05) is 44.2 Å². The number of benzene rings is 1. The van der Waals surface area contributed by atoms with Gasteiger partial charge in [-0.3, -0.25) is 19.5 Å². The van der Waals surface area contributed by atoms with Crippen LogP contribution in [-0.2, 0) is 9.59 Å². The molecular formula is C24H32N4O3. The maximum Gasteiger partial charge on any atom is 0.233 e. The number of fused-ring (bicyclic) bond motifs is 5. The average molecular weight is 425 g/mol. The fourth-order valence-corrected chi connectivity index (χ4v) is 5.11. The highest BCUT2D eigenvalue weighted by molar-refractivity contribution is 6.06. The van der Waals surface area contributed by atoms with Crippen molar-refractivity contribution in [3.05, 3.63) is 42.0 Å². The van der Waals surface area contributed by atoms with E-state index >= 15 is 0 Å². The number of carbonyl (C=O) groups excluding carboxylic acids is 2. The Bertz CT molecular complexity index is 865. The quantitative estimate of drug-likeness (QED) is 0.220. The predicted octanol–water partition coefficient (Wildman–Crippen LogP) is 2.16. The maximum absolute atomic E-state index is 12.7. The lowest BCUT2D eigenvalue weighted by atomic mass is 9.85. The van der Waals surface area contributed by atoms with Crippen molar-refractivity contribution in [2.75, 3.05) is 33.3 Å². The summed E-state index contributed by atoms with van der Waals surface area (Å²) in [6.45, 7) is 6.23. The lowest BCUT2D eigenvalue weighted by molar-refractivity contribution is -0.140. The van der Waals surface area contributed by atoms with Crippen LogP contribution in [0.3, 0.4) is 0 Å². The number of hydrogen-bond acceptors (Lipinski definition) is 4. The summed E-state index contributed by atoms with van der Waals surface area (Å²) in [4.78, 5) is 31.1. The second-order valence-corrected chi connectivity index (χ2v) is 8.79. The highest BCUT2D eigenvalue weighted by atomic mass is 16.5. The zero-order valence-electron chi connectivity index (χ0n) is 18.5. The number of nitrogens with zero attached hydrogens (tertiary/aromatic N) is 2. The van der Waals surface area contributed by atoms with Crippen molar-refractivity contribution >= 4 is 17.8 Å². The monoisotopic (exact) mass is 424 g/mol. The number of guanidine groups is 1. The Labute approximate surface area is 183 Å². The first kappa shape index (κ1) is 21.4. The summed E-state index contributed by atoms with van der Waals surface area (Å²) in [5, 5.41) is 6.41. The summed E-state index contributed by atoms with van der Waals surface area (Å²) in [6, 6.07) is 8.08. The normalized spacial score (nSPS) is 26.7. The number of aliphatic imine (C=N–C) groups is 1. The Hall–Kier alpha value is -2.83. The van der Waals surface area contributed by atoms with Gasteiger partial charge in [-0.15, -0.1) is 0 Å². The van der Waals surface area contributed by atoms with Crippen LogP contribution < -0.4 is 15.4 Å². The molecule has 7 nitrogen and oxygen atoms in total. The van der Waals surface area contributed by atoms with Crippen LogP contribution in [-0.4, -0.2) is 56.0 Å². The van der Waals surface area contributed by atoms with Gasteiger partial charge in [0.05, 0.1) is 18.4 Å². The van der Waals surface area contributed by atoms with Crippen molar-refractivity contribution < 1.29 is 14.3 Å². The highest BCUT2D eigenvalue weighted by Crippen LogP contribution is 2.52. The molecule has 166 valence electrons. The molecule has 4 rings (SSSR count). The third kappa shape index (κ3) is 4.18. The summed E-state index contributed by atoms with van der Waals surface area (Å²) in [5.41, 5.74) is 1.19. The number of carbonyl (C=O) groups is 2. The smallest absolute Gasteiger partial charge is 0.233 e. The fraction of sp³-hybridized carbons (Fsp3) is 0.542. The molecule has 31 heavy (non-hydrogen) atoms. The lowest BCUT2D eigenvalue weighted by Gasteiger charge is -2.19. The molecule has 2 amide bonds. The molecule has 4 unspecified atom stereocenters. The molecule has 7 heteroatoms. The Morgan fingerprint density at radius 1 is 1.10 bits per heavy atom. The van der Waals surface area contributed by atoms with E-state index in [2.05, 4.69) is 47.7 Å². The molecule has 1 aliphatic heterocycles. The molecular weight excluding hydrogens is 392 g/mol. The minimum Gasteiger partial charge on any atom is -0.491 e. The lowest BCUT2D eigenvalue weighted by Crippen LogP contribution is -2.44. The van der Waals surface area contributed by atoms with E-state index in [1.54, 1.807) is 7.05 Å². The van der Waals surface area contributed by atoms with Crippen molar-refractivity contribution in [2.45, 2.75) is 26.2 Å². The highest BCUT2D eigenvalue weighted by Gasteiger charge is 2.58. The van der Waals surface area contributed by atoms with Crippen molar-refractivity contribution in [1.82, 2.24) is 15.5 Å². The van der Waals surface area contributed by atoms with Crippen molar-refractivity contribution in [3.8, 4) is 5.75 Å². The molecule has 1 heterocycles. The molecule has 1 aromatic carbocycles. The van der Waals surface area contributed by atoms with Gasteiger partial charge in [0.15, 0.2) is 5.96 Å². The zero-order valence-corrected chi connectivity index (χ0v) is 18.5. The standard InChI is InChI=1S/C24H32N4O3/c1-15(2)18-6-4-5-7-19(18)31-13-11-27-24(25-3)26-10-12-28-22(29)20-16-8-9-17(14-16)21(20)23(28)30/h4-9,15-17,20-21H,10-14H2,1-3H3,(H2,25,26,27). The minimum absolute atomic E-state index is 0.00573. The van der Waals surface area contributed by atoms with Gasteiger partial charge >= 0.3 is 0 Å². The maximum atomic E-state index is 12.7. The molecule has 4 atom stereocenters. The van der Waals surface area contributed by atoms with Crippen LogP contribution in [0.5, 0.6) is 5.75 Å². The van der Waals surface area contributed by atoms with E-state index in [-0.39, 0.29) is 35.5 Å². The second-order valence-electron chi connectivity index (χ2n) is 8.79. The molecule has 1 saturated carbocycles. The van der Waals surface area contributed by atoms with Gasteiger partial charge in [-0.05, 0) is 35.8 Å². The number of ether oxygens (including phenoxy) is 1. The Morgan fingerprint density at radius 2 is 1.74 bits per heavy atom. The molecule has 0 aromatic heterocycles. The molecule has 0 radical (unpaired) electrons. The minimum atomic E-state index is -0.134. The SMILES string of the molecule is CN=C(NCCOc1ccccc1C(C)C)NCCN1C(=O)C2C3C=CC(C3)C2C1=O. The zero-order chi connectivity index (χ0) is 22.0. The van der Waals surface area contributed by atoms with Crippen molar-refractivity contribution in [2.24, 2.45) is 28.7 Å². The first-order chi connectivity index (χ1) is 15.0. The fourth-order valence-electron chi connectivity index (χ4n) is 5.11. The number of rotatable bonds is 8. The van der Waals surface area contributed by atoms with E-state index in [1.165, 1.54) is 10.5 Å². The van der Waals surface area contributed by atoms with Crippen molar-refractivity contribution in [1.29, 1.82) is 0 Å². The van der Waals surface area contributed by atoms with Gasteiger partial charge in [0, 0.05) is 20.1 Å². The van der Waals surface area contributed by atoms with Gasteiger partial charge in [-0.25, -0.2) is 0 Å². The van der Waals surface area contributed by atoms with Crippen molar-refractivity contribution in [3.63, 3.8) is 0 Å². The predicted molar refractivity (Wildman–Crippen MR) is 120 cm³/mol. The summed E-state index contributed by atoms with van der Waals surface area (Å²) < 4.78 is 5.93. The summed E-state index contributed by atoms with van der Waals surface area (Å²) in [7, 11) is 1.70. The molecule has 0 spiro atoms. The number of amides is 2. The number of imide groups is 1. The number of para-hydroxylation sites is 1. The molecule has 3 aliphatic rings. The molecule has 1 aromatic rings. The average Bonchev–Trinajstić information content (AvgIpc) is 3.45. The largest absolute Gasteiger partial charge is 0.491 e. The molecule has 2 N–H and O–H groups in total. The molecule has 2 aliphatic carbocycles. The summed E-state index contributed by atoms with van der Waals surface area (Å²) >= 11 is 0. The van der Waals surface area contributed by atoms with Crippen LogP contribution in [0.15, 0.2) is 41.4 Å². The number of likely N-dealkylation sites (tertiary alicyclic amines) is 1. The van der Waals surface area contributed by atoms with Gasteiger partial charge in [-0.2, -0.15) is 0 Å². The molecule has 2 bridgehead atoms. The first-order valence-electron chi connectivity index (χ1n) is 11.2. The van der Waals surface area contributed by atoms with Gasteiger partial charge in [0.25, 0.3) is 0 Å². The summed E-state index contributed by atoms with van der Waals surface area (Å²) in [6.07, 6.45) is 5.19. The van der Waals surface area contributed by atoms with Gasteiger partial charge in [0.2, 0.25) is 11.8 Å². The van der Waals surface area contributed by atoms with Crippen LogP contribution in [0.1, 0.15) is 31.7 Å². The van der Waals surface area contributed by atoms with Crippen LogP contribution in [0.2, 0.25) is 0 Å². The Balaban J connectivity index is 1.20. The Morgan fingerprint density at radius 3 is 2.39 bits per heavy atom. The number of nitrogens with one attached hydrogen (secondary N) is 2. The van der Waals surface area contributed by atoms with E-state index < -0.39 is 0 Å². The van der Waals surface area contributed by atoms with Gasteiger partial charge < -0.3 is 15.4 Å². The number of allylic oxidation sites excluding steroid dienone is 2. The van der Waals surface area contributed by atoms with Crippen LogP contribution >= 0.6 is 0 Å². The third-order valence-electron chi connectivity index (χ3n) is 6.61. The second kappa shape index (κ2) is 9.12. The van der Waals surface area contributed by atoms with Crippen LogP contribution in [0.4, 0.5) is 0 Å². The topological polar surface area (TPSA) is 83.0 Å². The van der Waals surface area contributed by atoms with Crippen LogP contribution in [0.25, 0.3) is 0 Å².